The third kappa shape index (κ3) is 2.86. The van der Waals surface area contributed by atoms with Crippen LogP contribution in [0.15, 0.2) is 23.2 Å². The number of nitrogens with one attached hydrogen (secondary N) is 1. The van der Waals surface area contributed by atoms with Crippen molar-refractivity contribution >= 4 is 15.8 Å². The van der Waals surface area contributed by atoms with E-state index < -0.39 is 10.0 Å². The van der Waals surface area contributed by atoms with Crippen LogP contribution in [0.25, 0.3) is 0 Å². The average Bonchev–Trinajstić information content (AvgIpc) is 2.47. The van der Waals surface area contributed by atoms with Crippen LogP contribution in [0.3, 0.4) is 0 Å². The molecule has 2 rings (SSSR count). The number of nitrogen functional groups attached to an aromatic ring is 1. The summed E-state index contributed by atoms with van der Waals surface area (Å²) in [5, 5.41) is 0. The van der Waals surface area contributed by atoms with E-state index in [-0.39, 0.29) is 16.8 Å². The lowest BCUT2D eigenvalue weighted by molar-refractivity contribution is 0.0572. The molecule has 0 aliphatic carbocycles. The van der Waals surface area contributed by atoms with Crippen LogP contribution in [0.2, 0.25) is 0 Å². The van der Waals surface area contributed by atoms with E-state index in [1.807, 2.05) is 0 Å². The standard InChI is InChI=1S/C11H18N4O3S/c1-18-9-4-3-7-15(8-9)19(16,17)10-5-2-6-13-11(10)14-12/h2,5-6,9H,3-4,7-8,12H2,1H3,(H,13,14). The molecule has 8 heteroatoms. The minimum absolute atomic E-state index is 0.0607. The molecule has 2 heterocycles. The average molecular weight is 286 g/mol. The molecule has 0 bridgehead atoms. The molecule has 1 aromatic heterocycles. The summed E-state index contributed by atoms with van der Waals surface area (Å²) in [5.41, 5.74) is 2.32. The molecule has 1 aromatic rings. The number of sulfonamides is 1. The largest absolute Gasteiger partial charge is 0.380 e. The van der Waals surface area contributed by atoms with Gasteiger partial charge in [0.2, 0.25) is 10.0 Å². The van der Waals surface area contributed by atoms with E-state index >= 15 is 0 Å². The summed E-state index contributed by atoms with van der Waals surface area (Å²) in [6, 6.07) is 3.07. The van der Waals surface area contributed by atoms with Crippen LogP contribution in [0, 0.1) is 0 Å². The molecule has 1 atom stereocenters. The first-order chi connectivity index (χ1) is 9.09. The molecule has 0 aromatic carbocycles. The predicted octanol–water partition coefficient (Wildman–Crippen LogP) is 0.167. The maximum Gasteiger partial charge on any atom is 0.246 e. The summed E-state index contributed by atoms with van der Waals surface area (Å²) in [4.78, 5) is 4.02. The molecule has 1 aliphatic heterocycles. The highest BCUT2D eigenvalue weighted by molar-refractivity contribution is 7.89. The van der Waals surface area contributed by atoms with Gasteiger partial charge >= 0.3 is 0 Å². The predicted molar refractivity (Wildman–Crippen MR) is 70.8 cm³/mol. The lowest BCUT2D eigenvalue weighted by Crippen LogP contribution is -2.43. The first kappa shape index (κ1) is 14.2. The minimum atomic E-state index is -3.60. The van der Waals surface area contributed by atoms with E-state index in [1.165, 1.54) is 16.6 Å². The number of hydrogen-bond acceptors (Lipinski definition) is 6. The Balaban J connectivity index is 2.31. The molecule has 0 saturated carbocycles. The van der Waals surface area contributed by atoms with Gasteiger partial charge in [0, 0.05) is 26.4 Å². The van der Waals surface area contributed by atoms with Crippen LogP contribution < -0.4 is 11.3 Å². The second-order valence-corrected chi connectivity index (χ2v) is 6.26. The number of nitrogens with zero attached hydrogens (tertiary/aromatic N) is 2. The number of anilines is 1. The van der Waals surface area contributed by atoms with E-state index in [4.69, 9.17) is 10.6 Å². The van der Waals surface area contributed by atoms with E-state index in [2.05, 4.69) is 10.4 Å². The molecule has 1 aliphatic rings. The van der Waals surface area contributed by atoms with Gasteiger partial charge in [-0.25, -0.2) is 19.2 Å². The van der Waals surface area contributed by atoms with Crippen LogP contribution in [-0.4, -0.2) is 44.0 Å². The summed E-state index contributed by atoms with van der Waals surface area (Å²) in [6.45, 7) is 0.846. The van der Waals surface area contributed by atoms with Gasteiger partial charge in [0.15, 0.2) is 5.82 Å². The number of hydrogen-bond donors (Lipinski definition) is 2. The first-order valence-electron chi connectivity index (χ1n) is 6.04. The van der Waals surface area contributed by atoms with Crippen molar-refractivity contribution in [2.75, 3.05) is 25.6 Å². The third-order valence-electron chi connectivity index (χ3n) is 3.20. The fourth-order valence-electron chi connectivity index (χ4n) is 2.16. The smallest absolute Gasteiger partial charge is 0.246 e. The Morgan fingerprint density at radius 3 is 3.05 bits per heavy atom. The quantitative estimate of drug-likeness (QED) is 0.605. The summed E-state index contributed by atoms with van der Waals surface area (Å²) < 4.78 is 31.8. The summed E-state index contributed by atoms with van der Waals surface area (Å²) >= 11 is 0. The molecule has 106 valence electrons. The number of methoxy groups -OCH3 is 1. The molecule has 19 heavy (non-hydrogen) atoms. The Bertz CT molecular complexity index is 534. The summed E-state index contributed by atoms with van der Waals surface area (Å²) in [5.74, 6) is 5.46. The Hall–Kier alpha value is -1.22. The Labute approximate surface area is 112 Å². The molecule has 0 radical (unpaired) electrons. The van der Waals surface area contributed by atoms with Crippen molar-refractivity contribution in [3.8, 4) is 0 Å². The maximum absolute atomic E-state index is 12.6. The second kappa shape index (κ2) is 5.83. The number of aromatic nitrogens is 1. The fourth-order valence-corrected chi connectivity index (χ4v) is 3.78. The molecule has 0 spiro atoms. The highest BCUT2D eigenvalue weighted by Gasteiger charge is 2.32. The molecular weight excluding hydrogens is 268 g/mol. The van der Waals surface area contributed by atoms with Crippen molar-refractivity contribution in [3.05, 3.63) is 18.3 Å². The van der Waals surface area contributed by atoms with Gasteiger partial charge in [0.25, 0.3) is 0 Å². The van der Waals surface area contributed by atoms with Crippen molar-refractivity contribution in [2.24, 2.45) is 5.84 Å². The normalized spacial score (nSPS) is 21.3. The lowest BCUT2D eigenvalue weighted by atomic mass is 10.1. The van der Waals surface area contributed by atoms with Gasteiger partial charge in [-0.15, -0.1) is 0 Å². The number of ether oxygens (including phenoxy) is 1. The maximum atomic E-state index is 12.6. The number of nitrogens with two attached hydrogens (primary N) is 1. The number of piperidine rings is 1. The van der Waals surface area contributed by atoms with E-state index in [0.717, 1.165) is 12.8 Å². The van der Waals surface area contributed by atoms with Crippen molar-refractivity contribution in [3.63, 3.8) is 0 Å². The Kier molecular flexibility index (Phi) is 4.35. The van der Waals surface area contributed by atoms with Crippen LogP contribution in [0.4, 0.5) is 5.82 Å². The van der Waals surface area contributed by atoms with Gasteiger partial charge in [-0.2, -0.15) is 4.31 Å². The number of pyridine rings is 1. The molecule has 3 N–H and O–H groups in total. The Morgan fingerprint density at radius 2 is 2.37 bits per heavy atom. The zero-order valence-corrected chi connectivity index (χ0v) is 11.6. The lowest BCUT2D eigenvalue weighted by Gasteiger charge is -2.31. The molecule has 1 unspecified atom stereocenters. The fraction of sp³-hybridized carbons (Fsp3) is 0.545. The van der Waals surface area contributed by atoms with Gasteiger partial charge in [-0.3, -0.25) is 0 Å². The minimum Gasteiger partial charge on any atom is -0.380 e. The second-order valence-electron chi connectivity index (χ2n) is 4.36. The highest BCUT2D eigenvalue weighted by atomic mass is 32.2. The zero-order chi connectivity index (χ0) is 13.9. The van der Waals surface area contributed by atoms with Crippen LogP contribution in [0.5, 0.6) is 0 Å². The zero-order valence-electron chi connectivity index (χ0n) is 10.7. The van der Waals surface area contributed by atoms with E-state index in [1.54, 1.807) is 13.2 Å². The molecule has 7 nitrogen and oxygen atoms in total. The van der Waals surface area contributed by atoms with Gasteiger partial charge in [-0.1, -0.05) is 0 Å². The summed E-state index contributed by atoms with van der Waals surface area (Å²) in [6.07, 6.45) is 3.08. The van der Waals surface area contributed by atoms with Gasteiger partial charge in [-0.05, 0) is 25.0 Å². The number of rotatable bonds is 4. The molecule has 0 amide bonds. The van der Waals surface area contributed by atoms with Crippen LogP contribution in [0.1, 0.15) is 12.8 Å². The third-order valence-corrected chi connectivity index (χ3v) is 5.10. The topological polar surface area (TPSA) is 97.5 Å². The SMILES string of the molecule is COC1CCCN(S(=O)(=O)c2cccnc2NN)C1. The van der Waals surface area contributed by atoms with E-state index in [9.17, 15) is 8.42 Å². The van der Waals surface area contributed by atoms with Crippen molar-refractivity contribution < 1.29 is 13.2 Å². The Morgan fingerprint density at radius 1 is 1.58 bits per heavy atom. The van der Waals surface area contributed by atoms with Gasteiger partial charge in [0.1, 0.15) is 4.90 Å². The van der Waals surface area contributed by atoms with Crippen molar-refractivity contribution in [1.82, 2.24) is 9.29 Å². The van der Waals surface area contributed by atoms with Gasteiger partial charge < -0.3 is 10.2 Å². The van der Waals surface area contributed by atoms with Crippen LogP contribution in [-0.2, 0) is 14.8 Å². The summed E-state index contributed by atoms with van der Waals surface area (Å²) in [7, 11) is -2.00. The van der Waals surface area contributed by atoms with Crippen LogP contribution >= 0.6 is 0 Å². The van der Waals surface area contributed by atoms with E-state index in [0.29, 0.717) is 13.1 Å². The molecule has 1 fully saturated rings. The highest BCUT2D eigenvalue weighted by Crippen LogP contribution is 2.25. The molecule has 1 saturated heterocycles. The van der Waals surface area contributed by atoms with Crippen molar-refractivity contribution in [2.45, 2.75) is 23.8 Å². The van der Waals surface area contributed by atoms with Crippen molar-refractivity contribution in [1.29, 1.82) is 0 Å². The number of hydrazine groups is 1. The molecular formula is C11H18N4O3S. The monoisotopic (exact) mass is 286 g/mol. The first-order valence-corrected chi connectivity index (χ1v) is 7.48. The van der Waals surface area contributed by atoms with Gasteiger partial charge in [0.05, 0.1) is 6.10 Å².